The van der Waals surface area contributed by atoms with Crippen molar-refractivity contribution < 1.29 is 19.8 Å². The molecule has 23 heavy (non-hydrogen) atoms. The molecule has 6 heteroatoms. The third-order valence-corrected chi connectivity index (χ3v) is 3.50. The molecule has 0 heterocycles. The fraction of sp³-hybridized carbons (Fsp3) is 0.176. The highest BCUT2D eigenvalue weighted by Gasteiger charge is 2.24. The van der Waals surface area contributed by atoms with Crippen LogP contribution in [0.4, 0.5) is 0 Å². The van der Waals surface area contributed by atoms with Crippen LogP contribution in [0.15, 0.2) is 54.6 Å². The van der Waals surface area contributed by atoms with Gasteiger partial charge >= 0.3 is 11.9 Å². The van der Waals surface area contributed by atoms with E-state index >= 15 is 0 Å². The van der Waals surface area contributed by atoms with Crippen molar-refractivity contribution in [2.45, 2.75) is 19.0 Å². The highest BCUT2D eigenvalue weighted by Crippen LogP contribution is 2.12. The van der Waals surface area contributed by atoms with Gasteiger partial charge < -0.3 is 10.2 Å². The largest absolute Gasteiger partial charge is 0.480 e. The summed E-state index contributed by atoms with van der Waals surface area (Å²) in [7, 11) is 0. The lowest BCUT2D eigenvalue weighted by Crippen LogP contribution is -2.46. The molecule has 0 aliphatic rings. The first-order chi connectivity index (χ1) is 11.0. The van der Waals surface area contributed by atoms with Crippen LogP contribution in [0.1, 0.15) is 21.5 Å². The molecule has 0 radical (unpaired) electrons. The highest BCUT2D eigenvalue weighted by atomic mass is 16.4. The molecule has 0 aromatic heterocycles. The summed E-state index contributed by atoms with van der Waals surface area (Å²) in [6.07, 6.45) is 0.269. The number of nitrogens with two attached hydrogens (primary N) is 1. The Labute approximate surface area is 133 Å². The van der Waals surface area contributed by atoms with Gasteiger partial charge in [-0.15, -0.1) is 0 Å². The van der Waals surface area contributed by atoms with Crippen molar-refractivity contribution in [2.75, 3.05) is 0 Å². The van der Waals surface area contributed by atoms with E-state index in [2.05, 4.69) is 0 Å². The van der Waals surface area contributed by atoms with Crippen molar-refractivity contribution in [1.29, 1.82) is 0 Å². The first-order valence-electron chi connectivity index (χ1n) is 7.07. The van der Waals surface area contributed by atoms with Crippen LogP contribution in [-0.4, -0.2) is 33.2 Å². The number of hydrazine groups is 1. The number of nitrogens with zero attached hydrogens (tertiary/aromatic N) is 1. The molecule has 1 atom stereocenters. The summed E-state index contributed by atoms with van der Waals surface area (Å²) in [4.78, 5) is 22.5. The van der Waals surface area contributed by atoms with Crippen molar-refractivity contribution in [3.8, 4) is 0 Å². The Hall–Kier alpha value is -2.70. The zero-order valence-corrected chi connectivity index (χ0v) is 12.4. The molecule has 4 N–H and O–H groups in total. The summed E-state index contributed by atoms with van der Waals surface area (Å²) in [5.74, 6) is 3.87. The average Bonchev–Trinajstić information content (AvgIpc) is 2.53. The van der Waals surface area contributed by atoms with Crippen LogP contribution in [-0.2, 0) is 17.8 Å². The van der Waals surface area contributed by atoms with Gasteiger partial charge in [0.15, 0.2) is 0 Å². The Morgan fingerprint density at radius 2 is 1.65 bits per heavy atom. The van der Waals surface area contributed by atoms with Gasteiger partial charge in [0.05, 0.1) is 5.56 Å². The van der Waals surface area contributed by atoms with Crippen molar-refractivity contribution in [3.63, 3.8) is 0 Å². The Kier molecular flexibility index (Phi) is 5.46. The minimum Gasteiger partial charge on any atom is -0.480 e. The van der Waals surface area contributed by atoms with Crippen LogP contribution in [0.2, 0.25) is 0 Å². The quantitative estimate of drug-likeness (QED) is 0.531. The smallest absolute Gasteiger partial charge is 0.335 e. The molecule has 0 bridgehead atoms. The Morgan fingerprint density at radius 3 is 2.26 bits per heavy atom. The maximum absolute atomic E-state index is 11.5. The van der Waals surface area contributed by atoms with Gasteiger partial charge in [-0.25, -0.2) is 9.80 Å². The van der Waals surface area contributed by atoms with Crippen molar-refractivity contribution in [2.24, 2.45) is 5.84 Å². The zero-order chi connectivity index (χ0) is 16.8. The predicted octanol–water partition coefficient (Wildman–Crippen LogP) is 1.76. The van der Waals surface area contributed by atoms with E-state index in [9.17, 15) is 14.7 Å². The van der Waals surface area contributed by atoms with Crippen molar-refractivity contribution in [1.82, 2.24) is 5.01 Å². The van der Waals surface area contributed by atoms with E-state index in [4.69, 9.17) is 10.9 Å². The Morgan fingerprint density at radius 1 is 1.00 bits per heavy atom. The summed E-state index contributed by atoms with van der Waals surface area (Å²) in [6.45, 7) is 0.144. The van der Waals surface area contributed by atoms with Gasteiger partial charge in [0, 0.05) is 13.0 Å². The minimum absolute atomic E-state index is 0.144. The molecule has 0 spiro atoms. The van der Waals surface area contributed by atoms with Crippen molar-refractivity contribution in [3.05, 3.63) is 71.3 Å². The summed E-state index contributed by atoms with van der Waals surface area (Å²) in [5, 5.41) is 19.6. The molecule has 0 amide bonds. The zero-order valence-electron chi connectivity index (χ0n) is 12.4. The monoisotopic (exact) mass is 314 g/mol. The predicted molar refractivity (Wildman–Crippen MR) is 84.7 cm³/mol. The first-order valence-corrected chi connectivity index (χ1v) is 7.07. The topological polar surface area (TPSA) is 104 Å². The number of rotatable bonds is 7. The lowest BCUT2D eigenvalue weighted by atomic mass is 10.0. The number of benzene rings is 2. The van der Waals surface area contributed by atoms with E-state index in [1.165, 1.54) is 17.1 Å². The number of carbonyl (C=O) groups is 2. The number of carboxylic acids is 2. The van der Waals surface area contributed by atoms with E-state index in [0.717, 1.165) is 5.56 Å². The SMILES string of the molecule is NN(Cc1cccc(C(=O)O)c1)[C@@H](Cc1ccccc1)C(=O)O. The van der Waals surface area contributed by atoms with Crippen LogP contribution in [0.25, 0.3) is 0 Å². The van der Waals surface area contributed by atoms with Crippen LogP contribution in [0.5, 0.6) is 0 Å². The number of hydrogen-bond acceptors (Lipinski definition) is 4. The molecule has 0 saturated carbocycles. The summed E-state index contributed by atoms with van der Waals surface area (Å²) in [6, 6.07) is 14.6. The van der Waals surface area contributed by atoms with Gasteiger partial charge in [-0.05, 0) is 23.3 Å². The molecule has 2 aromatic rings. The third-order valence-electron chi connectivity index (χ3n) is 3.50. The van der Waals surface area contributed by atoms with Gasteiger partial charge in [-0.2, -0.15) is 0 Å². The molecule has 0 saturated heterocycles. The van der Waals surface area contributed by atoms with Gasteiger partial charge in [0.2, 0.25) is 0 Å². The standard InChI is InChI=1S/C17H18N2O4/c18-19(11-13-7-4-8-14(9-13)16(20)21)15(17(22)23)10-12-5-2-1-3-6-12/h1-9,15H,10-11,18H2,(H,20,21)(H,22,23)/t15-/m0/s1. The third kappa shape index (κ3) is 4.64. The van der Waals surface area contributed by atoms with Crippen molar-refractivity contribution >= 4 is 11.9 Å². The molecule has 2 rings (SSSR count). The van der Waals surface area contributed by atoms with E-state index in [1.54, 1.807) is 12.1 Å². The minimum atomic E-state index is -1.03. The normalized spacial score (nSPS) is 12.1. The van der Waals surface area contributed by atoms with E-state index in [0.29, 0.717) is 5.56 Å². The highest BCUT2D eigenvalue weighted by molar-refractivity contribution is 5.87. The summed E-state index contributed by atoms with van der Waals surface area (Å²) in [5.41, 5.74) is 1.66. The van der Waals surface area contributed by atoms with E-state index in [-0.39, 0.29) is 18.5 Å². The van der Waals surface area contributed by atoms with Crippen LogP contribution < -0.4 is 5.84 Å². The second-order valence-electron chi connectivity index (χ2n) is 5.22. The van der Waals surface area contributed by atoms with E-state index in [1.807, 2.05) is 30.3 Å². The molecule has 2 aromatic carbocycles. The van der Waals surface area contributed by atoms with E-state index < -0.39 is 18.0 Å². The van der Waals surface area contributed by atoms with Gasteiger partial charge in [-0.3, -0.25) is 10.6 Å². The molecule has 0 aliphatic heterocycles. The summed E-state index contributed by atoms with van der Waals surface area (Å²) >= 11 is 0. The number of aliphatic carboxylic acids is 1. The molecular formula is C17H18N2O4. The second-order valence-corrected chi connectivity index (χ2v) is 5.22. The fourth-order valence-corrected chi connectivity index (χ4v) is 2.31. The van der Waals surface area contributed by atoms with Gasteiger partial charge in [0.25, 0.3) is 0 Å². The van der Waals surface area contributed by atoms with Gasteiger partial charge in [-0.1, -0.05) is 42.5 Å². The maximum Gasteiger partial charge on any atom is 0.335 e. The Balaban J connectivity index is 2.12. The fourth-order valence-electron chi connectivity index (χ4n) is 2.31. The second kappa shape index (κ2) is 7.53. The molecule has 120 valence electrons. The summed E-state index contributed by atoms with van der Waals surface area (Å²) < 4.78 is 0. The van der Waals surface area contributed by atoms with Crippen LogP contribution in [0, 0.1) is 0 Å². The lowest BCUT2D eigenvalue weighted by Gasteiger charge is -2.24. The molecule has 0 fully saturated rings. The Bertz CT molecular complexity index is 688. The average molecular weight is 314 g/mol. The van der Waals surface area contributed by atoms with Crippen LogP contribution in [0.3, 0.4) is 0 Å². The molecule has 6 nitrogen and oxygen atoms in total. The lowest BCUT2D eigenvalue weighted by molar-refractivity contribution is -0.143. The first kappa shape index (κ1) is 16.7. The maximum atomic E-state index is 11.5. The van der Waals surface area contributed by atoms with Gasteiger partial charge in [0.1, 0.15) is 6.04 Å². The number of hydrogen-bond donors (Lipinski definition) is 3. The number of aromatic carboxylic acids is 1. The number of carboxylic acid groups (broad SMARTS) is 2. The molecular weight excluding hydrogens is 296 g/mol. The molecule has 0 unspecified atom stereocenters. The van der Waals surface area contributed by atoms with Crippen LogP contribution >= 0.6 is 0 Å². The molecule has 0 aliphatic carbocycles.